The highest BCUT2D eigenvalue weighted by atomic mass is 16.5. The Hall–Kier alpha value is -0.610. The average molecular weight is 160 g/mol. The van der Waals surface area contributed by atoms with Gasteiger partial charge in [-0.25, -0.2) is 5.06 Å². The molecule has 0 aromatic rings. The smallest absolute Gasteiger partial charge is 0.242 e. The number of nitrogens with zero attached hydrogens (tertiary/aromatic N) is 2. The fourth-order valence-corrected chi connectivity index (χ4v) is 0.694. The maximum atomic E-state index is 10.5. The summed E-state index contributed by atoms with van der Waals surface area (Å²) in [6.45, 7) is 2.63. The number of hydrogen-bond donors (Lipinski definition) is 1. The Morgan fingerprint density at radius 3 is 2.27 bits per heavy atom. The first-order chi connectivity index (χ1) is 5.04. The van der Waals surface area contributed by atoms with Crippen molar-refractivity contribution in [1.82, 2.24) is 9.96 Å². The lowest BCUT2D eigenvalue weighted by atomic mass is 10.4. The molecule has 4 nitrogen and oxygen atoms in total. The van der Waals surface area contributed by atoms with Crippen molar-refractivity contribution in [3.8, 4) is 0 Å². The molecule has 0 heterocycles. The number of hydrogen-bond acceptors (Lipinski definition) is 3. The molecule has 0 fully saturated rings. The van der Waals surface area contributed by atoms with Gasteiger partial charge in [-0.1, -0.05) is 0 Å². The van der Waals surface area contributed by atoms with Crippen molar-refractivity contribution in [3.05, 3.63) is 0 Å². The van der Waals surface area contributed by atoms with Crippen molar-refractivity contribution in [2.45, 2.75) is 13.3 Å². The van der Waals surface area contributed by atoms with Crippen LogP contribution in [0.15, 0.2) is 0 Å². The van der Waals surface area contributed by atoms with Crippen LogP contribution in [0.1, 0.15) is 13.3 Å². The number of carbonyl (C=O) groups excluding carboxylic acids is 1. The van der Waals surface area contributed by atoms with E-state index in [-0.39, 0.29) is 5.91 Å². The van der Waals surface area contributed by atoms with E-state index in [1.807, 2.05) is 19.0 Å². The summed E-state index contributed by atoms with van der Waals surface area (Å²) in [6, 6.07) is 0. The minimum Gasteiger partial charge on any atom is -0.309 e. The van der Waals surface area contributed by atoms with E-state index in [2.05, 4.69) is 0 Å². The number of rotatable bonds is 4. The first-order valence-corrected chi connectivity index (χ1v) is 3.65. The topological polar surface area (TPSA) is 43.8 Å². The van der Waals surface area contributed by atoms with Gasteiger partial charge in [-0.3, -0.25) is 10.0 Å². The third kappa shape index (κ3) is 5.82. The molecule has 0 spiro atoms. The van der Waals surface area contributed by atoms with Gasteiger partial charge in [0.15, 0.2) is 0 Å². The maximum Gasteiger partial charge on any atom is 0.242 e. The third-order valence-corrected chi connectivity index (χ3v) is 1.34. The fourth-order valence-electron chi connectivity index (χ4n) is 0.694. The van der Waals surface area contributed by atoms with Gasteiger partial charge in [0.25, 0.3) is 0 Å². The van der Waals surface area contributed by atoms with Crippen LogP contribution in [0.4, 0.5) is 0 Å². The quantitative estimate of drug-likeness (QED) is 0.471. The van der Waals surface area contributed by atoms with Gasteiger partial charge >= 0.3 is 0 Å². The van der Waals surface area contributed by atoms with Crippen LogP contribution in [0.5, 0.6) is 0 Å². The molecule has 0 unspecified atom stereocenters. The normalized spacial score (nSPS) is 10.3. The van der Waals surface area contributed by atoms with Gasteiger partial charge in [-0.15, -0.1) is 0 Å². The highest BCUT2D eigenvalue weighted by Gasteiger charge is 2.02. The second-order valence-electron chi connectivity index (χ2n) is 2.80. The fraction of sp³-hybridized carbons (Fsp3) is 0.857. The molecule has 4 heteroatoms. The van der Waals surface area contributed by atoms with Gasteiger partial charge in [0, 0.05) is 13.5 Å². The van der Waals surface area contributed by atoms with Crippen LogP contribution in [0, 0.1) is 0 Å². The van der Waals surface area contributed by atoms with Gasteiger partial charge < -0.3 is 4.90 Å². The van der Waals surface area contributed by atoms with Crippen LogP contribution in [-0.2, 0) is 4.79 Å². The largest absolute Gasteiger partial charge is 0.309 e. The molecule has 1 amide bonds. The van der Waals surface area contributed by atoms with Crippen LogP contribution < -0.4 is 0 Å². The summed E-state index contributed by atoms with van der Waals surface area (Å²) in [7, 11) is 3.91. The zero-order chi connectivity index (χ0) is 8.85. The molecule has 0 aromatic carbocycles. The van der Waals surface area contributed by atoms with Crippen molar-refractivity contribution in [2.24, 2.45) is 0 Å². The second kappa shape index (κ2) is 5.09. The maximum absolute atomic E-state index is 10.5. The SMILES string of the molecule is CC(=O)N(O)CCCN(C)C. The molecule has 0 aliphatic heterocycles. The molecule has 11 heavy (non-hydrogen) atoms. The van der Waals surface area contributed by atoms with Gasteiger partial charge in [-0.2, -0.15) is 0 Å². The Labute approximate surface area is 67.4 Å². The standard InChI is InChI=1S/C7H16N2O2/c1-7(10)9(11)6-4-5-8(2)3/h11H,4-6H2,1-3H3. The van der Waals surface area contributed by atoms with E-state index in [0.29, 0.717) is 6.54 Å². The highest BCUT2D eigenvalue weighted by Crippen LogP contribution is 1.88. The zero-order valence-corrected chi connectivity index (χ0v) is 7.37. The van der Waals surface area contributed by atoms with Gasteiger partial charge in [0.05, 0.1) is 0 Å². The molecular weight excluding hydrogens is 144 g/mol. The molecule has 0 atom stereocenters. The van der Waals surface area contributed by atoms with Crippen molar-refractivity contribution >= 4 is 5.91 Å². The van der Waals surface area contributed by atoms with Crippen LogP contribution in [0.3, 0.4) is 0 Å². The first kappa shape index (κ1) is 10.4. The van der Waals surface area contributed by atoms with E-state index in [0.717, 1.165) is 18.0 Å². The predicted octanol–water partition coefficient (Wildman–Crippen LogP) is 0.176. The molecule has 0 radical (unpaired) electrons. The molecule has 0 aliphatic carbocycles. The molecule has 0 aromatic heterocycles. The van der Waals surface area contributed by atoms with E-state index < -0.39 is 0 Å². The van der Waals surface area contributed by atoms with Crippen LogP contribution in [-0.4, -0.2) is 48.3 Å². The van der Waals surface area contributed by atoms with Crippen LogP contribution in [0.2, 0.25) is 0 Å². The molecule has 1 N–H and O–H groups in total. The van der Waals surface area contributed by atoms with E-state index in [4.69, 9.17) is 5.21 Å². The summed E-state index contributed by atoms with van der Waals surface area (Å²) in [5.74, 6) is -0.302. The minimum atomic E-state index is -0.302. The molecule has 0 saturated heterocycles. The number of carbonyl (C=O) groups is 1. The van der Waals surface area contributed by atoms with Crippen molar-refractivity contribution in [2.75, 3.05) is 27.2 Å². The third-order valence-electron chi connectivity index (χ3n) is 1.34. The number of hydroxylamine groups is 2. The predicted molar refractivity (Wildman–Crippen MR) is 42.3 cm³/mol. The van der Waals surface area contributed by atoms with Crippen molar-refractivity contribution in [1.29, 1.82) is 0 Å². The first-order valence-electron chi connectivity index (χ1n) is 3.65. The van der Waals surface area contributed by atoms with Crippen LogP contribution >= 0.6 is 0 Å². The highest BCUT2D eigenvalue weighted by molar-refractivity contribution is 5.71. The lowest BCUT2D eigenvalue weighted by molar-refractivity contribution is -0.162. The summed E-state index contributed by atoms with van der Waals surface area (Å²) >= 11 is 0. The summed E-state index contributed by atoms with van der Waals surface area (Å²) in [5.41, 5.74) is 0. The second-order valence-corrected chi connectivity index (χ2v) is 2.80. The molecular formula is C7H16N2O2. The van der Waals surface area contributed by atoms with Gasteiger partial charge in [0.2, 0.25) is 5.91 Å². The van der Waals surface area contributed by atoms with E-state index in [1.54, 1.807) is 0 Å². The van der Waals surface area contributed by atoms with Crippen molar-refractivity contribution in [3.63, 3.8) is 0 Å². The summed E-state index contributed by atoms with van der Waals surface area (Å²) < 4.78 is 0. The number of amides is 1. The minimum absolute atomic E-state index is 0.302. The van der Waals surface area contributed by atoms with Gasteiger partial charge in [-0.05, 0) is 27.1 Å². The van der Waals surface area contributed by atoms with E-state index >= 15 is 0 Å². The molecule has 0 aliphatic rings. The molecule has 0 saturated carbocycles. The monoisotopic (exact) mass is 160 g/mol. The molecule has 0 rings (SSSR count). The molecule has 66 valence electrons. The van der Waals surface area contributed by atoms with Gasteiger partial charge in [0.1, 0.15) is 0 Å². The van der Waals surface area contributed by atoms with E-state index in [1.165, 1.54) is 6.92 Å². The lowest BCUT2D eigenvalue weighted by Crippen LogP contribution is -2.28. The Bertz CT molecular complexity index is 126. The Kier molecular flexibility index (Phi) is 4.81. The summed E-state index contributed by atoms with van der Waals surface area (Å²) in [6.07, 6.45) is 0.795. The Morgan fingerprint density at radius 1 is 1.36 bits per heavy atom. The Balaban J connectivity index is 3.31. The lowest BCUT2D eigenvalue weighted by Gasteiger charge is -2.14. The summed E-state index contributed by atoms with van der Waals surface area (Å²) in [5, 5.41) is 9.64. The molecule has 0 bridgehead atoms. The Morgan fingerprint density at radius 2 is 1.91 bits per heavy atom. The van der Waals surface area contributed by atoms with Crippen LogP contribution in [0.25, 0.3) is 0 Å². The zero-order valence-electron chi connectivity index (χ0n) is 7.37. The van der Waals surface area contributed by atoms with E-state index in [9.17, 15) is 4.79 Å². The summed E-state index contributed by atoms with van der Waals surface area (Å²) in [4.78, 5) is 12.5. The van der Waals surface area contributed by atoms with Crippen molar-refractivity contribution < 1.29 is 10.0 Å². The average Bonchev–Trinajstić information content (AvgIpc) is 1.86.